The summed E-state index contributed by atoms with van der Waals surface area (Å²) in [4.78, 5) is 12.2. The maximum Gasteiger partial charge on any atom is 0.407 e. The lowest BCUT2D eigenvalue weighted by Crippen LogP contribution is -2.26. The number of carbonyl (C=O) groups is 1. The highest BCUT2D eigenvalue weighted by molar-refractivity contribution is 5.79. The molecule has 4 rings (SSSR count). The third kappa shape index (κ3) is 5.04. The van der Waals surface area contributed by atoms with Crippen molar-refractivity contribution in [3.63, 3.8) is 0 Å². The minimum Gasteiger partial charge on any atom is -0.449 e. The molecule has 0 fully saturated rings. The monoisotopic (exact) mass is 412 g/mol. The van der Waals surface area contributed by atoms with E-state index in [2.05, 4.69) is 83.4 Å². The number of nitrogens with one attached hydrogen (secondary N) is 2. The minimum atomic E-state index is -0.369. The molecule has 0 bridgehead atoms. The first kappa shape index (κ1) is 20.9. The summed E-state index contributed by atoms with van der Waals surface area (Å²) in [6, 6.07) is 25.1. The number of amides is 1. The molecule has 3 aromatic carbocycles. The van der Waals surface area contributed by atoms with E-state index >= 15 is 0 Å². The number of benzene rings is 3. The third-order valence-electron chi connectivity index (χ3n) is 5.59. The molecule has 0 aliphatic heterocycles. The van der Waals surface area contributed by atoms with Crippen LogP contribution in [0.25, 0.3) is 17.2 Å². The fraction of sp³-hybridized carbons (Fsp3) is 0.222. The Morgan fingerprint density at radius 2 is 1.58 bits per heavy atom. The Balaban J connectivity index is 1.24. The largest absolute Gasteiger partial charge is 0.449 e. The number of hydrogen-bond acceptors (Lipinski definition) is 3. The summed E-state index contributed by atoms with van der Waals surface area (Å²) < 4.78 is 5.56. The summed E-state index contributed by atoms with van der Waals surface area (Å²) in [5, 5.41) is 5.99. The van der Waals surface area contributed by atoms with Crippen molar-refractivity contribution in [1.82, 2.24) is 10.6 Å². The SMILES string of the molecule is CNCc1ccc(C=CCCNC(=O)OCC2c3ccccc3-c3ccccc32)cc1. The molecular weight excluding hydrogens is 384 g/mol. The van der Waals surface area contributed by atoms with Crippen molar-refractivity contribution in [3.8, 4) is 11.1 Å². The Kier molecular flexibility index (Phi) is 6.80. The second-order valence-electron chi connectivity index (χ2n) is 7.72. The molecule has 0 unspecified atom stereocenters. The van der Waals surface area contributed by atoms with Crippen molar-refractivity contribution < 1.29 is 9.53 Å². The third-order valence-corrected chi connectivity index (χ3v) is 5.59. The van der Waals surface area contributed by atoms with Crippen molar-refractivity contribution in [1.29, 1.82) is 0 Å². The zero-order chi connectivity index (χ0) is 21.5. The van der Waals surface area contributed by atoms with Crippen LogP contribution in [0.2, 0.25) is 0 Å². The average molecular weight is 413 g/mol. The van der Waals surface area contributed by atoms with Gasteiger partial charge in [0.05, 0.1) is 0 Å². The van der Waals surface area contributed by atoms with Crippen LogP contribution in [-0.2, 0) is 11.3 Å². The summed E-state index contributed by atoms with van der Waals surface area (Å²) in [7, 11) is 1.94. The standard InChI is InChI=1S/C27H28N2O2/c1-28-18-21-15-13-20(14-16-21)8-6-7-17-29-27(30)31-19-26-24-11-4-2-9-22(24)23-10-3-5-12-25(23)26/h2-6,8-16,26,28H,7,17-19H2,1H3,(H,29,30). The molecule has 1 amide bonds. The molecule has 0 aromatic heterocycles. The predicted octanol–water partition coefficient (Wildman–Crippen LogP) is 5.35. The van der Waals surface area contributed by atoms with Crippen LogP contribution in [-0.4, -0.2) is 26.3 Å². The molecule has 0 heterocycles. The smallest absolute Gasteiger partial charge is 0.407 e. The molecule has 2 N–H and O–H groups in total. The Morgan fingerprint density at radius 3 is 2.23 bits per heavy atom. The zero-order valence-corrected chi connectivity index (χ0v) is 17.8. The lowest BCUT2D eigenvalue weighted by molar-refractivity contribution is 0.143. The number of fused-ring (bicyclic) bond motifs is 3. The quantitative estimate of drug-likeness (QED) is 0.491. The van der Waals surface area contributed by atoms with Crippen LogP contribution in [0.3, 0.4) is 0 Å². The summed E-state index contributed by atoms with van der Waals surface area (Å²) in [6.07, 6.45) is 4.52. The van der Waals surface area contributed by atoms with Gasteiger partial charge in [-0.25, -0.2) is 4.79 Å². The van der Waals surface area contributed by atoms with Gasteiger partial charge in [-0.05, 0) is 46.8 Å². The van der Waals surface area contributed by atoms with Crippen molar-refractivity contribution in [3.05, 3.63) is 101 Å². The van der Waals surface area contributed by atoms with E-state index in [1.165, 1.54) is 27.8 Å². The van der Waals surface area contributed by atoms with Crippen LogP contribution in [0.15, 0.2) is 78.9 Å². The zero-order valence-electron chi connectivity index (χ0n) is 17.8. The van der Waals surface area contributed by atoms with Gasteiger partial charge >= 0.3 is 6.09 Å². The highest BCUT2D eigenvalue weighted by Crippen LogP contribution is 2.44. The Labute approximate surface area is 184 Å². The molecule has 0 saturated carbocycles. The van der Waals surface area contributed by atoms with Gasteiger partial charge in [0, 0.05) is 19.0 Å². The maximum atomic E-state index is 12.2. The normalized spacial score (nSPS) is 12.5. The molecule has 0 spiro atoms. The second kappa shape index (κ2) is 10.1. The van der Waals surface area contributed by atoms with Crippen LogP contribution >= 0.6 is 0 Å². The van der Waals surface area contributed by atoms with Crippen LogP contribution in [0.1, 0.15) is 34.6 Å². The van der Waals surface area contributed by atoms with Crippen molar-refractivity contribution in [2.75, 3.05) is 20.2 Å². The Bertz CT molecular complexity index is 1010. The highest BCUT2D eigenvalue weighted by atomic mass is 16.5. The molecule has 31 heavy (non-hydrogen) atoms. The molecule has 1 aliphatic rings. The summed E-state index contributed by atoms with van der Waals surface area (Å²) in [5.74, 6) is 0.0870. The summed E-state index contributed by atoms with van der Waals surface area (Å²) >= 11 is 0. The fourth-order valence-corrected chi connectivity index (χ4v) is 4.08. The van der Waals surface area contributed by atoms with Gasteiger partial charge < -0.3 is 15.4 Å². The number of carbonyl (C=O) groups excluding carboxylic acids is 1. The van der Waals surface area contributed by atoms with Gasteiger partial charge in [0.2, 0.25) is 0 Å². The molecule has 0 atom stereocenters. The van der Waals surface area contributed by atoms with E-state index in [1.54, 1.807) is 0 Å². The molecular formula is C27H28N2O2. The Morgan fingerprint density at radius 1 is 0.935 bits per heavy atom. The summed E-state index contributed by atoms with van der Waals surface area (Å²) in [6.45, 7) is 1.76. The maximum absolute atomic E-state index is 12.2. The van der Waals surface area contributed by atoms with Crippen LogP contribution in [0.5, 0.6) is 0 Å². The summed E-state index contributed by atoms with van der Waals surface area (Å²) in [5.41, 5.74) is 7.32. The van der Waals surface area contributed by atoms with Crippen molar-refractivity contribution in [2.24, 2.45) is 0 Å². The molecule has 1 aliphatic carbocycles. The Hall–Kier alpha value is -3.37. The molecule has 4 nitrogen and oxygen atoms in total. The highest BCUT2D eigenvalue weighted by Gasteiger charge is 2.28. The van der Waals surface area contributed by atoms with E-state index in [9.17, 15) is 4.79 Å². The number of ether oxygens (including phenoxy) is 1. The minimum absolute atomic E-state index is 0.0870. The van der Waals surface area contributed by atoms with Gasteiger partial charge in [-0.2, -0.15) is 0 Å². The van der Waals surface area contributed by atoms with E-state index in [-0.39, 0.29) is 12.0 Å². The van der Waals surface area contributed by atoms with E-state index in [0.717, 1.165) is 18.5 Å². The van der Waals surface area contributed by atoms with Crippen LogP contribution < -0.4 is 10.6 Å². The first-order chi connectivity index (χ1) is 15.3. The molecule has 0 saturated heterocycles. The van der Waals surface area contributed by atoms with Crippen molar-refractivity contribution >= 4 is 12.2 Å². The second-order valence-corrected chi connectivity index (χ2v) is 7.72. The molecule has 158 valence electrons. The molecule has 3 aromatic rings. The fourth-order valence-electron chi connectivity index (χ4n) is 4.08. The van der Waals surface area contributed by atoms with Gasteiger partial charge in [0.25, 0.3) is 0 Å². The molecule has 4 heteroatoms. The van der Waals surface area contributed by atoms with Gasteiger partial charge in [0.1, 0.15) is 6.61 Å². The first-order valence-corrected chi connectivity index (χ1v) is 10.7. The lowest BCUT2D eigenvalue weighted by Gasteiger charge is -2.14. The topological polar surface area (TPSA) is 50.4 Å². The first-order valence-electron chi connectivity index (χ1n) is 10.7. The number of rotatable bonds is 8. The van der Waals surface area contributed by atoms with E-state index in [0.29, 0.717) is 13.2 Å². The molecule has 0 radical (unpaired) electrons. The van der Waals surface area contributed by atoms with E-state index in [1.807, 2.05) is 19.2 Å². The van der Waals surface area contributed by atoms with Crippen LogP contribution in [0.4, 0.5) is 4.79 Å². The number of hydrogen-bond donors (Lipinski definition) is 2. The lowest BCUT2D eigenvalue weighted by atomic mass is 9.98. The van der Waals surface area contributed by atoms with Gasteiger partial charge in [-0.15, -0.1) is 0 Å². The average Bonchev–Trinajstić information content (AvgIpc) is 3.12. The van der Waals surface area contributed by atoms with Crippen molar-refractivity contribution in [2.45, 2.75) is 18.9 Å². The van der Waals surface area contributed by atoms with Crippen LogP contribution in [0, 0.1) is 0 Å². The van der Waals surface area contributed by atoms with E-state index < -0.39 is 0 Å². The van der Waals surface area contributed by atoms with E-state index in [4.69, 9.17) is 4.74 Å². The van der Waals surface area contributed by atoms with Gasteiger partial charge in [0.15, 0.2) is 0 Å². The van der Waals surface area contributed by atoms with Gasteiger partial charge in [-0.3, -0.25) is 0 Å². The number of alkyl carbamates (subject to hydrolysis) is 1. The predicted molar refractivity (Wildman–Crippen MR) is 126 cm³/mol. The van der Waals surface area contributed by atoms with Gasteiger partial charge in [-0.1, -0.05) is 84.9 Å².